The number of carboxylic acids is 1. The fraction of sp³-hybridized carbons (Fsp3) is 0.243. The number of phenols is 1. The zero-order valence-corrected chi connectivity index (χ0v) is 78.8. The third-order valence-corrected chi connectivity index (χ3v) is 23.2. The monoisotopic (exact) mass is 1990 g/mol. The molecule has 2 fully saturated rings. The van der Waals surface area contributed by atoms with Gasteiger partial charge in [0.05, 0.1) is 61.6 Å². The molecule has 0 aromatic heterocycles. The van der Waals surface area contributed by atoms with Crippen molar-refractivity contribution in [3.8, 4) is 67.5 Å². The molecule has 25 nitrogen and oxygen atoms in total. The van der Waals surface area contributed by atoms with Crippen LogP contribution < -0.4 is 46.9 Å². The molecule has 712 valence electrons. The highest BCUT2D eigenvalue weighted by Crippen LogP contribution is 2.45. The summed E-state index contributed by atoms with van der Waals surface area (Å²) in [5.41, 5.74) is 18.4. The summed E-state index contributed by atoms with van der Waals surface area (Å²) in [6, 6.07) is 69.1. The molecule has 0 saturated carbocycles. The number of ether oxygens (including phenoxy) is 5. The van der Waals surface area contributed by atoms with Gasteiger partial charge in [-0.2, -0.15) is 4.99 Å². The molecule has 4 aliphatic rings. The summed E-state index contributed by atoms with van der Waals surface area (Å²) >= 11 is 30.2. The normalized spacial score (nSPS) is 11.8. The molecule has 2 saturated heterocycles. The molecule has 0 atom stereocenters. The molecule has 4 aliphatic heterocycles. The van der Waals surface area contributed by atoms with Gasteiger partial charge in [-0.15, -0.1) is 47.0 Å². The first-order chi connectivity index (χ1) is 64.1. The Kier molecular flexibility index (Phi) is 54.1. The van der Waals surface area contributed by atoms with Crippen molar-refractivity contribution in [2.24, 2.45) is 26.4 Å². The van der Waals surface area contributed by atoms with E-state index < -0.39 is 23.7 Å². The van der Waals surface area contributed by atoms with Crippen molar-refractivity contribution in [2.75, 3.05) is 90.7 Å². The lowest BCUT2D eigenvalue weighted by atomic mass is 9.96. The Labute approximate surface area is 835 Å². The zero-order chi connectivity index (χ0) is 94.9. The number of aliphatic imine (C=N–C) groups is 3. The number of carboxylic acid groups (broad SMARTS) is 1. The predicted molar refractivity (Wildman–Crippen MR) is 568 cm³/mol. The quantitative estimate of drug-likeness (QED) is 0.0219. The molecule has 0 aliphatic carbocycles. The van der Waals surface area contributed by atoms with Crippen LogP contribution in [0.5, 0.6) is 23.0 Å². The first-order valence-corrected chi connectivity index (χ1v) is 47.3. The van der Waals surface area contributed by atoms with Crippen LogP contribution in [0.3, 0.4) is 0 Å². The van der Waals surface area contributed by atoms with E-state index >= 15 is 0 Å². The minimum Gasteiger partial charge on any atom is -0.507 e. The lowest BCUT2D eigenvalue weighted by Gasteiger charge is -2.18. The van der Waals surface area contributed by atoms with Gasteiger partial charge in [-0.05, 0) is 162 Å². The van der Waals surface area contributed by atoms with Gasteiger partial charge in [0, 0.05) is 95.0 Å². The average molecular weight is 1990 g/mol. The Bertz CT molecular complexity index is 5970. The number of guanidine groups is 2. The van der Waals surface area contributed by atoms with Crippen molar-refractivity contribution >= 4 is 161 Å². The minimum absolute atomic E-state index is 0. The Hall–Kier alpha value is -12.7. The van der Waals surface area contributed by atoms with E-state index in [1.807, 2.05) is 128 Å². The van der Waals surface area contributed by atoms with E-state index in [-0.39, 0.29) is 94.7 Å². The Morgan fingerprint density at radius 1 is 0.441 bits per heavy atom. The summed E-state index contributed by atoms with van der Waals surface area (Å²) < 4.78 is 29.0. The van der Waals surface area contributed by atoms with Crippen LogP contribution in [0.15, 0.2) is 252 Å². The maximum Gasteiger partial charge on any atom is 0.338 e. The molecule has 0 radical (unpaired) electrons. The summed E-state index contributed by atoms with van der Waals surface area (Å²) in [5, 5.41) is 40.2. The second kappa shape index (κ2) is 63.6. The van der Waals surface area contributed by atoms with Gasteiger partial charge < -0.3 is 56.0 Å². The molecule has 11 N–H and O–H groups in total. The van der Waals surface area contributed by atoms with E-state index in [2.05, 4.69) is 55.6 Å². The van der Waals surface area contributed by atoms with Crippen molar-refractivity contribution in [2.45, 2.75) is 75.2 Å². The number of halogens is 4. The molecule has 11 aromatic carbocycles. The highest BCUT2D eigenvalue weighted by Gasteiger charge is 2.29. The molecular formula is C103H112Cl4N14O11S4. The number of aromatic hydroxyl groups is 1. The molecule has 3 amide bonds. The third kappa shape index (κ3) is 36.5. The van der Waals surface area contributed by atoms with Gasteiger partial charge in [0.2, 0.25) is 0 Å². The number of phenolic OH excluding ortho intramolecular Hbond substituents is 1. The number of nitrogens with zero attached hydrogens (tertiary/aromatic N) is 7. The highest BCUT2D eigenvalue weighted by atomic mass is 35.5. The summed E-state index contributed by atoms with van der Waals surface area (Å²) in [6.45, 7) is 38.5. The second-order valence-corrected chi connectivity index (χ2v) is 33.2. The number of carbonyl (C=O) groups is 4. The molecule has 15 rings (SSSR count). The second-order valence-electron chi connectivity index (χ2n) is 27.7. The molecule has 0 bridgehead atoms. The zero-order valence-electron chi connectivity index (χ0n) is 72.5. The van der Waals surface area contributed by atoms with Gasteiger partial charge in [0.15, 0.2) is 34.7 Å². The van der Waals surface area contributed by atoms with Crippen LogP contribution >= 0.6 is 93.5 Å². The average Bonchev–Trinajstić information content (AvgIpc) is 0.906. The minimum atomic E-state index is -1.16. The molecule has 33 heteroatoms. The standard InChI is InChI=1S/C24H19ClN4O2.C24H19ClN2O2S2.C21H14ClNO3.C17H13ClN4O2.2C4H8O.C3H7NS2.C2H8N2.4CH4/c1-26-19-10-11-20(31-15-16-6-3-2-4-7-16)22(23(30)29-24-27-12-13-28-24)21(19)17-8-5-9-18(25)14-17;1-26-19-12-13-20(29-15-16-8-5-4-6-9-16)22(23(28)27-24(30-2)31-3)21(19)17-10-7-11-18(25)14-17;1-23-17-10-11-18(26-13-14-6-3-2-4-7-14)20(21(24)25)19(17)15-8-5-9-16(22)12-15;1-19-12-5-6-13(23)15(16(24)22-17-20-7-8-21-17)14(12)10-3-2-4-11(18)9-10;2*1-2-4-5-3-1;1-5-3(4)6-2;3-1-2-4;;;;/h2-11,14H,12-13,15H2,(H2,27,28,29,30);4-14H,15H2,2-3H3;2-12H,13H2,(H,24,25);2-6,9,23H,7-8H2,(H2,20,21,22,24);2*1-4H2;4H,1-2H3;1-4H2;4*1H4. The maximum atomic E-state index is 13.3. The van der Waals surface area contributed by atoms with Crippen molar-refractivity contribution in [3.05, 3.63) is 341 Å². The smallest absolute Gasteiger partial charge is 0.338 e. The number of benzene rings is 11. The molecule has 4 heterocycles. The van der Waals surface area contributed by atoms with Crippen molar-refractivity contribution in [1.29, 1.82) is 5.41 Å². The largest absolute Gasteiger partial charge is 0.507 e. The van der Waals surface area contributed by atoms with Crippen LogP contribution in [0.4, 0.5) is 22.7 Å². The number of rotatable bonds is 18. The summed E-state index contributed by atoms with van der Waals surface area (Å²) in [5.74, 6) is -1.05. The Balaban J connectivity index is 0.000000351. The Morgan fingerprint density at radius 3 is 1.03 bits per heavy atom. The van der Waals surface area contributed by atoms with Crippen molar-refractivity contribution in [1.82, 2.24) is 21.3 Å². The van der Waals surface area contributed by atoms with Crippen molar-refractivity contribution < 1.29 is 53.1 Å². The number of hydrogen-bond acceptors (Lipinski definition) is 21. The summed E-state index contributed by atoms with van der Waals surface area (Å²) in [4.78, 5) is 78.1. The van der Waals surface area contributed by atoms with Gasteiger partial charge in [-0.3, -0.25) is 40.4 Å². The lowest BCUT2D eigenvalue weighted by molar-refractivity contribution is 0.0691. The van der Waals surface area contributed by atoms with Crippen LogP contribution in [-0.4, -0.2) is 145 Å². The summed E-state index contributed by atoms with van der Waals surface area (Å²) in [6.07, 6.45) is 12.6. The molecular weight excluding hydrogens is 1880 g/mol. The lowest BCUT2D eigenvalue weighted by Crippen LogP contribution is -2.38. The number of aromatic carboxylic acids is 1. The van der Waals surface area contributed by atoms with Gasteiger partial charge in [-0.1, -0.05) is 240 Å². The summed E-state index contributed by atoms with van der Waals surface area (Å²) in [7, 11) is 0. The maximum absolute atomic E-state index is 13.3. The molecule has 0 spiro atoms. The number of carbonyl (C=O) groups excluding carboxylic acids is 3. The van der Waals surface area contributed by atoms with E-state index in [4.69, 9.17) is 113 Å². The first-order valence-electron chi connectivity index (χ1n) is 40.9. The number of nitrogens with two attached hydrogens (primary N) is 2. The van der Waals surface area contributed by atoms with Crippen LogP contribution in [-0.2, 0) is 29.3 Å². The SMILES string of the molecule is C.C.C.C.C1CCOC1.C1CCOC1.CSC(=N)SC.NCCN.[C-]#[N+]c1ccc(O)c(C(=O)NC2=NCCN2)c1-c1cccc(Cl)c1.[C-]#[N+]c1ccc(OCc2ccccc2)c(C(=O)N=C(SC)SC)c1-c1cccc(Cl)c1.[C-]#[N+]c1ccc(OCc2ccccc2)c(C(=O)NC2=NCCN2)c1-c1cccc(Cl)c1.[C-]#[N+]c1ccc(OCc2ccccc2)c(C(=O)O)c1-c1cccc(Cl)c1. The fourth-order valence-electron chi connectivity index (χ4n) is 12.6. The first kappa shape index (κ1) is 116. The number of nitrogens with one attached hydrogen (secondary N) is 5. The van der Waals surface area contributed by atoms with Crippen LogP contribution in [0, 0.1) is 31.7 Å². The van der Waals surface area contributed by atoms with Gasteiger partial charge in [0.1, 0.15) is 51.6 Å². The van der Waals surface area contributed by atoms with E-state index in [0.717, 1.165) is 43.1 Å². The topological polar surface area (TPSA) is 333 Å². The van der Waals surface area contributed by atoms with E-state index in [9.17, 15) is 29.4 Å². The van der Waals surface area contributed by atoms with Gasteiger partial charge in [0.25, 0.3) is 17.7 Å². The van der Waals surface area contributed by atoms with E-state index in [1.54, 1.807) is 115 Å². The highest BCUT2D eigenvalue weighted by molar-refractivity contribution is 8.38. The number of thioether (sulfide) groups is 4. The van der Waals surface area contributed by atoms with Gasteiger partial charge in [-0.25, -0.2) is 24.2 Å². The molecule has 0 unspecified atom stereocenters. The Morgan fingerprint density at radius 2 is 0.750 bits per heavy atom. The van der Waals surface area contributed by atoms with E-state index in [1.165, 1.54) is 90.9 Å². The van der Waals surface area contributed by atoms with E-state index in [0.29, 0.717) is 147 Å². The third-order valence-electron chi connectivity index (χ3n) is 18.7. The van der Waals surface area contributed by atoms with Gasteiger partial charge >= 0.3 is 5.97 Å². The van der Waals surface area contributed by atoms with Crippen LogP contribution in [0.2, 0.25) is 20.1 Å². The van der Waals surface area contributed by atoms with Crippen LogP contribution in [0.25, 0.3) is 63.9 Å². The predicted octanol–water partition coefficient (Wildman–Crippen LogP) is 25.7. The fourth-order valence-corrected chi connectivity index (χ4v) is 15.0. The number of hydrogen-bond donors (Lipinski definition) is 9. The molecule has 11 aromatic rings. The van der Waals surface area contributed by atoms with Crippen LogP contribution in [0.1, 0.15) is 114 Å². The number of amides is 3. The van der Waals surface area contributed by atoms with Crippen molar-refractivity contribution in [3.63, 3.8) is 0 Å². The molecule has 136 heavy (non-hydrogen) atoms.